The van der Waals surface area contributed by atoms with Crippen LogP contribution in [0.2, 0.25) is 0 Å². The Balaban J connectivity index is 1.86. The van der Waals surface area contributed by atoms with Crippen LogP contribution in [0.5, 0.6) is 5.75 Å². The predicted octanol–water partition coefficient (Wildman–Crippen LogP) is 2.51. The third-order valence-electron chi connectivity index (χ3n) is 3.26. The highest BCUT2D eigenvalue weighted by molar-refractivity contribution is 5.84. The van der Waals surface area contributed by atoms with Crippen LogP contribution in [0, 0.1) is 0 Å². The lowest BCUT2D eigenvalue weighted by molar-refractivity contribution is 0.0811. The second kappa shape index (κ2) is 6.43. The Morgan fingerprint density at radius 3 is 3.00 bits per heavy atom. The van der Waals surface area contributed by atoms with Gasteiger partial charge >= 0.3 is 6.09 Å². The third-order valence-corrected chi connectivity index (χ3v) is 3.26. The molecule has 104 valence electrons. The van der Waals surface area contributed by atoms with Gasteiger partial charge in [0.15, 0.2) is 0 Å². The number of hydrogen-bond donors (Lipinski definition) is 2. The second-order valence-corrected chi connectivity index (χ2v) is 4.81. The van der Waals surface area contributed by atoms with Gasteiger partial charge in [-0.3, -0.25) is 5.32 Å². The summed E-state index contributed by atoms with van der Waals surface area (Å²) in [4.78, 5) is 11.8. The summed E-state index contributed by atoms with van der Waals surface area (Å²) in [6, 6.07) is 7.30. The molecule has 19 heavy (non-hydrogen) atoms. The first-order valence-corrected chi connectivity index (χ1v) is 6.54. The maximum Gasteiger partial charge on any atom is 0.411 e. The number of benzene rings is 1. The Kier molecular flexibility index (Phi) is 4.63. The van der Waals surface area contributed by atoms with Crippen LogP contribution < -0.4 is 15.8 Å². The second-order valence-electron chi connectivity index (χ2n) is 4.81. The van der Waals surface area contributed by atoms with E-state index in [-0.39, 0.29) is 12.1 Å². The highest BCUT2D eigenvalue weighted by atomic mass is 16.6. The van der Waals surface area contributed by atoms with Crippen LogP contribution in [-0.2, 0) is 4.74 Å². The van der Waals surface area contributed by atoms with E-state index in [1.807, 2.05) is 12.1 Å². The molecule has 5 heteroatoms. The fourth-order valence-electron chi connectivity index (χ4n) is 2.29. The van der Waals surface area contributed by atoms with Gasteiger partial charge in [-0.05, 0) is 37.8 Å². The number of carbonyl (C=O) groups is 1. The average Bonchev–Trinajstić information content (AvgIpc) is 2.38. The van der Waals surface area contributed by atoms with Gasteiger partial charge in [-0.15, -0.1) is 0 Å². The molecule has 2 rings (SSSR count). The van der Waals surface area contributed by atoms with E-state index in [2.05, 4.69) is 5.32 Å². The summed E-state index contributed by atoms with van der Waals surface area (Å²) in [6.45, 7) is 0. The lowest BCUT2D eigenvalue weighted by Crippen LogP contribution is -2.34. The van der Waals surface area contributed by atoms with E-state index in [4.69, 9.17) is 15.2 Å². The minimum Gasteiger partial charge on any atom is -0.497 e. The Hall–Kier alpha value is -1.75. The van der Waals surface area contributed by atoms with Gasteiger partial charge in [0.2, 0.25) is 0 Å². The topological polar surface area (TPSA) is 73.6 Å². The van der Waals surface area contributed by atoms with Crippen molar-refractivity contribution < 1.29 is 14.3 Å². The maximum absolute atomic E-state index is 11.8. The van der Waals surface area contributed by atoms with Crippen molar-refractivity contribution in [3.05, 3.63) is 24.3 Å². The molecule has 1 aromatic carbocycles. The average molecular weight is 264 g/mol. The Morgan fingerprint density at radius 1 is 1.42 bits per heavy atom. The molecule has 0 radical (unpaired) electrons. The first kappa shape index (κ1) is 13.7. The van der Waals surface area contributed by atoms with Crippen LogP contribution in [0.3, 0.4) is 0 Å². The van der Waals surface area contributed by atoms with Gasteiger partial charge in [0, 0.05) is 17.8 Å². The van der Waals surface area contributed by atoms with Crippen LogP contribution in [0.4, 0.5) is 10.5 Å². The fourth-order valence-corrected chi connectivity index (χ4v) is 2.29. The monoisotopic (exact) mass is 264 g/mol. The molecule has 0 aromatic heterocycles. The van der Waals surface area contributed by atoms with Crippen molar-refractivity contribution >= 4 is 11.8 Å². The molecule has 5 nitrogen and oxygen atoms in total. The minimum atomic E-state index is -0.438. The third kappa shape index (κ3) is 4.13. The van der Waals surface area contributed by atoms with Gasteiger partial charge < -0.3 is 15.2 Å². The number of anilines is 1. The Morgan fingerprint density at radius 2 is 2.26 bits per heavy atom. The van der Waals surface area contributed by atoms with Crippen molar-refractivity contribution in [1.82, 2.24) is 0 Å². The van der Waals surface area contributed by atoms with Crippen molar-refractivity contribution in [1.29, 1.82) is 0 Å². The number of carbonyl (C=O) groups excluding carboxylic acids is 1. The van der Waals surface area contributed by atoms with E-state index in [9.17, 15) is 4.79 Å². The Bertz CT molecular complexity index is 436. The molecule has 1 aliphatic carbocycles. The summed E-state index contributed by atoms with van der Waals surface area (Å²) >= 11 is 0. The number of hydrogen-bond acceptors (Lipinski definition) is 4. The normalized spacial score (nSPS) is 22.6. The van der Waals surface area contributed by atoms with Gasteiger partial charge in [-0.1, -0.05) is 6.07 Å². The fraction of sp³-hybridized carbons (Fsp3) is 0.500. The van der Waals surface area contributed by atoms with E-state index >= 15 is 0 Å². The van der Waals surface area contributed by atoms with Crippen LogP contribution in [0.25, 0.3) is 0 Å². The molecule has 0 saturated heterocycles. The Labute approximate surface area is 113 Å². The van der Waals surface area contributed by atoms with E-state index in [1.165, 1.54) is 0 Å². The molecular formula is C14H20N2O3. The molecule has 3 N–H and O–H groups in total. The van der Waals surface area contributed by atoms with Gasteiger partial charge in [-0.25, -0.2) is 4.79 Å². The first-order chi connectivity index (χ1) is 9.17. The van der Waals surface area contributed by atoms with Crippen LogP contribution >= 0.6 is 0 Å². The molecule has 0 bridgehead atoms. The van der Waals surface area contributed by atoms with E-state index in [0.717, 1.165) is 25.7 Å². The molecule has 2 atom stereocenters. The van der Waals surface area contributed by atoms with Gasteiger partial charge in [-0.2, -0.15) is 0 Å². The summed E-state index contributed by atoms with van der Waals surface area (Å²) < 4.78 is 10.5. The number of nitrogens with one attached hydrogen (secondary N) is 1. The van der Waals surface area contributed by atoms with Crippen molar-refractivity contribution in [3.8, 4) is 5.75 Å². The molecule has 1 amide bonds. The number of methoxy groups -OCH3 is 1. The van der Waals surface area contributed by atoms with Crippen LogP contribution in [-0.4, -0.2) is 25.3 Å². The first-order valence-electron chi connectivity index (χ1n) is 6.54. The molecule has 1 saturated carbocycles. The zero-order valence-corrected chi connectivity index (χ0v) is 11.1. The van der Waals surface area contributed by atoms with E-state index in [1.54, 1.807) is 19.2 Å². The van der Waals surface area contributed by atoms with Crippen molar-refractivity contribution in [2.24, 2.45) is 5.73 Å². The summed E-state index contributed by atoms with van der Waals surface area (Å²) in [7, 11) is 1.58. The zero-order chi connectivity index (χ0) is 13.7. The van der Waals surface area contributed by atoms with Gasteiger partial charge in [0.25, 0.3) is 0 Å². The van der Waals surface area contributed by atoms with Crippen molar-refractivity contribution in [3.63, 3.8) is 0 Å². The van der Waals surface area contributed by atoms with E-state index < -0.39 is 6.09 Å². The molecule has 0 aliphatic heterocycles. The molecule has 1 aliphatic rings. The van der Waals surface area contributed by atoms with Crippen molar-refractivity contribution in [2.45, 2.75) is 37.8 Å². The van der Waals surface area contributed by atoms with Crippen molar-refractivity contribution in [2.75, 3.05) is 12.4 Å². The lowest BCUT2D eigenvalue weighted by atomic mass is 9.94. The summed E-state index contributed by atoms with van der Waals surface area (Å²) in [6.07, 6.45) is 3.14. The highest BCUT2D eigenvalue weighted by Crippen LogP contribution is 2.21. The molecular weight excluding hydrogens is 244 g/mol. The van der Waals surface area contributed by atoms with Gasteiger partial charge in [0.1, 0.15) is 11.9 Å². The molecule has 0 spiro atoms. The van der Waals surface area contributed by atoms with Crippen LogP contribution in [0.1, 0.15) is 25.7 Å². The quantitative estimate of drug-likeness (QED) is 0.879. The minimum absolute atomic E-state index is 0.0747. The SMILES string of the molecule is COc1cccc(NC(=O)OC2CCCC(N)C2)c1. The predicted molar refractivity (Wildman–Crippen MR) is 73.3 cm³/mol. The smallest absolute Gasteiger partial charge is 0.411 e. The number of amides is 1. The maximum atomic E-state index is 11.8. The zero-order valence-electron chi connectivity index (χ0n) is 11.1. The molecule has 1 fully saturated rings. The molecule has 2 unspecified atom stereocenters. The highest BCUT2D eigenvalue weighted by Gasteiger charge is 2.22. The lowest BCUT2D eigenvalue weighted by Gasteiger charge is -2.26. The number of rotatable bonds is 3. The van der Waals surface area contributed by atoms with Crippen LogP contribution in [0.15, 0.2) is 24.3 Å². The number of nitrogens with two attached hydrogens (primary N) is 1. The largest absolute Gasteiger partial charge is 0.497 e. The summed E-state index contributed by atoms with van der Waals surface area (Å²) in [5, 5.41) is 2.70. The molecule has 1 aromatic rings. The summed E-state index contributed by atoms with van der Waals surface area (Å²) in [5.74, 6) is 0.692. The molecule has 0 heterocycles. The van der Waals surface area contributed by atoms with E-state index in [0.29, 0.717) is 11.4 Å². The number of ether oxygens (including phenoxy) is 2. The summed E-state index contributed by atoms with van der Waals surface area (Å²) in [5.41, 5.74) is 6.52. The standard InChI is InChI=1S/C14H20N2O3/c1-18-12-6-3-5-11(9-12)16-14(17)19-13-7-2-4-10(15)8-13/h3,5-6,9-10,13H,2,4,7-8,15H2,1H3,(H,16,17). The van der Waals surface area contributed by atoms with Gasteiger partial charge in [0.05, 0.1) is 7.11 Å².